The van der Waals surface area contributed by atoms with Gasteiger partial charge in [0.1, 0.15) is 5.25 Å². The second kappa shape index (κ2) is 2.98. The standard InChI is InChI=1S/C9H10O2S/c1-11-9(10)8-7-4-2-3-6(7)5-12-8/h2,4,8H,3,5H2,1H3. The smallest absolute Gasteiger partial charge is 0.323 e. The van der Waals surface area contributed by atoms with Crippen LogP contribution in [0.15, 0.2) is 23.3 Å². The molecule has 1 heterocycles. The van der Waals surface area contributed by atoms with Gasteiger partial charge in [0.25, 0.3) is 0 Å². The van der Waals surface area contributed by atoms with Gasteiger partial charge in [-0.3, -0.25) is 4.79 Å². The molecule has 0 fully saturated rings. The largest absolute Gasteiger partial charge is 0.468 e. The van der Waals surface area contributed by atoms with Crippen LogP contribution < -0.4 is 0 Å². The molecule has 2 rings (SSSR count). The van der Waals surface area contributed by atoms with Gasteiger partial charge in [0, 0.05) is 5.75 Å². The second-order valence-corrected chi connectivity index (χ2v) is 3.97. The first kappa shape index (κ1) is 7.92. The highest BCUT2D eigenvalue weighted by Crippen LogP contribution is 2.38. The van der Waals surface area contributed by atoms with Crippen LogP contribution in [0.25, 0.3) is 0 Å². The van der Waals surface area contributed by atoms with Crippen LogP contribution in [-0.2, 0) is 9.53 Å². The van der Waals surface area contributed by atoms with Crippen LogP contribution in [0.3, 0.4) is 0 Å². The molecule has 1 aliphatic carbocycles. The van der Waals surface area contributed by atoms with E-state index in [9.17, 15) is 4.79 Å². The van der Waals surface area contributed by atoms with E-state index in [1.807, 2.05) is 0 Å². The van der Waals surface area contributed by atoms with E-state index in [1.54, 1.807) is 11.8 Å². The summed E-state index contributed by atoms with van der Waals surface area (Å²) in [5, 5.41) is -0.0521. The van der Waals surface area contributed by atoms with E-state index in [2.05, 4.69) is 12.2 Å². The zero-order chi connectivity index (χ0) is 8.55. The Labute approximate surface area is 75.7 Å². The predicted molar refractivity (Wildman–Crippen MR) is 49.0 cm³/mol. The number of methoxy groups -OCH3 is 1. The summed E-state index contributed by atoms with van der Waals surface area (Å²) in [6.07, 6.45) is 5.19. The highest BCUT2D eigenvalue weighted by Gasteiger charge is 2.32. The lowest BCUT2D eigenvalue weighted by molar-refractivity contribution is -0.139. The first-order valence-corrected chi connectivity index (χ1v) is 4.95. The molecule has 0 aromatic heterocycles. The van der Waals surface area contributed by atoms with Gasteiger partial charge < -0.3 is 4.74 Å². The fraction of sp³-hybridized carbons (Fsp3) is 0.444. The van der Waals surface area contributed by atoms with Crippen molar-refractivity contribution in [1.29, 1.82) is 0 Å². The van der Waals surface area contributed by atoms with E-state index in [1.165, 1.54) is 18.3 Å². The van der Waals surface area contributed by atoms with Crippen LogP contribution in [0.2, 0.25) is 0 Å². The maximum atomic E-state index is 11.2. The molecular formula is C9H10O2S. The van der Waals surface area contributed by atoms with Crippen LogP contribution in [0.4, 0.5) is 0 Å². The lowest BCUT2D eigenvalue weighted by atomic mass is 10.1. The molecule has 2 aliphatic rings. The molecule has 1 aliphatic heterocycles. The van der Waals surface area contributed by atoms with Gasteiger partial charge in [0.05, 0.1) is 7.11 Å². The maximum absolute atomic E-state index is 11.2. The normalized spacial score (nSPS) is 26.2. The third kappa shape index (κ3) is 1.08. The van der Waals surface area contributed by atoms with E-state index in [0.717, 1.165) is 12.2 Å². The van der Waals surface area contributed by atoms with Crippen molar-refractivity contribution in [2.75, 3.05) is 12.9 Å². The van der Waals surface area contributed by atoms with Gasteiger partial charge in [0.15, 0.2) is 0 Å². The third-order valence-electron chi connectivity index (χ3n) is 2.19. The van der Waals surface area contributed by atoms with Crippen molar-refractivity contribution in [2.24, 2.45) is 0 Å². The summed E-state index contributed by atoms with van der Waals surface area (Å²) in [4.78, 5) is 11.2. The summed E-state index contributed by atoms with van der Waals surface area (Å²) in [6, 6.07) is 0. The Bertz CT molecular complexity index is 278. The number of hydrogen-bond acceptors (Lipinski definition) is 3. The summed E-state index contributed by atoms with van der Waals surface area (Å²) < 4.78 is 4.71. The minimum absolute atomic E-state index is 0.0521. The summed E-state index contributed by atoms with van der Waals surface area (Å²) in [7, 11) is 1.44. The average molecular weight is 182 g/mol. The van der Waals surface area contributed by atoms with Crippen LogP contribution >= 0.6 is 11.8 Å². The van der Waals surface area contributed by atoms with Crippen molar-refractivity contribution in [3.05, 3.63) is 23.3 Å². The Kier molecular flexibility index (Phi) is 1.97. The minimum atomic E-state index is -0.114. The Morgan fingerprint density at radius 1 is 1.75 bits per heavy atom. The molecule has 3 heteroatoms. The lowest BCUT2D eigenvalue weighted by Crippen LogP contribution is -2.17. The van der Waals surface area contributed by atoms with Crippen molar-refractivity contribution in [3.63, 3.8) is 0 Å². The zero-order valence-corrected chi connectivity index (χ0v) is 7.69. The van der Waals surface area contributed by atoms with E-state index >= 15 is 0 Å². The predicted octanol–water partition coefficient (Wildman–Crippen LogP) is 1.53. The van der Waals surface area contributed by atoms with Gasteiger partial charge in [-0.25, -0.2) is 0 Å². The van der Waals surface area contributed by atoms with Gasteiger partial charge in [-0.05, 0) is 12.0 Å². The molecule has 0 N–H and O–H groups in total. The van der Waals surface area contributed by atoms with Crippen molar-refractivity contribution >= 4 is 17.7 Å². The number of hydrogen-bond donors (Lipinski definition) is 0. The molecule has 2 nitrogen and oxygen atoms in total. The number of allylic oxidation sites excluding steroid dienone is 2. The number of rotatable bonds is 1. The van der Waals surface area contributed by atoms with Crippen molar-refractivity contribution in [2.45, 2.75) is 11.7 Å². The molecule has 0 spiro atoms. The van der Waals surface area contributed by atoms with Gasteiger partial charge >= 0.3 is 5.97 Å². The lowest BCUT2D eigenvalue weighted by Gasteiger charge is -2.07. The highest BCUT2D eigenvalue weighted by atomic mass is 32.2. The van der Waals surface area contributed by atoms with Crippen molar-refractivity contribution in [3.8, 4) is 0 Å². The fourth-order valence-electron chi connectivity index (χ4n) is 1.55. The molecular weight excluding hydrogens is 172 g/mol. The summed E-state index contributed by atoms with van der Waals surface area (Å²) >= 11 is 1.67. The molecule has 1 unspecified atom stereocenters. The van der Waals surface area contributed by atoms with Gasteiger partial charge in [-0.1, -0.05) is 17.7 Å². The first-order chi connectivity index (χ1) is 5.83. The van der Waals surface area contributed by atoms with Crippen LogP contribution in [0.5, 0.6) is 0 Å². The SMILES string of the molecule is COC(=O)C1SCC2=C1C=CC2. The summed E-state index contributed by atoms with van der Waals surface area (Å²) in [5.74, 6) is 0.874. The van der Waals surface area contributed by atoms with E-state index in [0.29, 0.717) is 0 Å². The number of ether oxygens (including phenoxy) is 1. The molecule has 0 bridgehead atoms. The molecule has 0 aromatic carbocycles. The van der Waals surface area contributed by atoms with Gasteiger partial charge in [0.2, 0.25) is 0 Å². The monoisotopic (exact) mass is 182 g/mol. The molecule has 12 heavy (non-hydrogen) atoms. The van der Waals surface area contributed by atoms with Crippen molar-refractivity contribution in [1.82, 2.24) is 0 Å². The van der Waals surface area contributed by atoms with E-state index in [4.69, 9.17) is 4.74 Å². The zero-order valence-electron chi connectivity index (χ0n) is 6.87. The molecule has 1 atom stereocenters. The van der Waals surface area contributed by atoms with Gasteiger partial charge in [-0.15, -0.1) is 11.8 Å². The average Bonchev–Trinajstić information content (AvgIpc) is 2.62. The Morgan fingerprint density at radius 3 is 3.33 bits per heavy atom. The van der Waals surface area contributed by atoms with Crippen molar-refractivity contribution < 1.29 is 9.53 Å². The number of carbonyl (C=O) groups excluding carboxylic acids is 1. The molecule has 64 valence electrons. The Morgan fingerprint density at radius 2 is 2.58 bits per heavy atom. The molecule has 0 aromatic rings. The minimum Gasteiger partial charge on any atom is -0.468 e. The van der Waals surface area contributed by atoms with Crippen LogP contribution in [-0.4, -0.2) is 24.1 Å². The van der Waals surface area contributed by atoms with E-state index in [-0.39, 0.29) is 11.2 Å². The Hall–Kier alpha value is -0.700. The molecule has 0 saturated heterocycles. The topological polar surface area (TPSA) is 26.3 Å². The highest BCUT2D eigenvalue weighted by molar-refractivity contribution is 8.01. The summed E-state index contributed by atoms with van der Waals surface area (Å²) in [5.41, 5.74) is 2.59. The fourth-order valence-corrected chi connectivity index (χ4v) is 2.86. The molecule has 0 saturated carbocycles. The number of thioether (sulfide) groups is 1. The molecule has 0 amide bonds. The van der Waals surface area contributed by atoms with Gasteiger partial charge in [-0.2, -0.15) is 0 Å². The number of esters is 1. The number of carbonyl (C=O) groups is 1. The van der Waals surface area contributed by atoms with Crippen LogP contribution in [0, 0.1) is 0 Å². The summed E-state index contributed by atoms with van der Waals surface area (Å²) in [6.45, 7) is 0. The maximum Gasteiger partial charge on any atom is 0.323 e. The van der Waals surface area contributed by atoms with E-state index < -0.39 is 0 Å². The van der Waals surface area contributed by atoms with Crippen LogP contribution in [0.1, 0.15) is 6.42 Å². The molecule has 0 radical (unpaired) electrons. The quantitative estimate of drug-likeness (QED) is 0.575. The Balaban J connectivity index is 2.20. The second-order valence-electron chi connectivity index (χ2n) is 2.88. The third-order valence-corrected chi connectivity index (χ3v) is 3.49. The first-order valence-electron chi connectivity index (χ1n) is 3.91.